The molecule has 1 unspecified atom stereocenters. The minimum absolute atomic E-state index is 0.248. The first-order chi connectivity index (χ1) is 5.16. The lowest BCUT2D eigenvalue weighted by molar-refractivity contribution is 0.187. The first-order valence-electron chi connectivity index (χ1n) is 4.16. The van der Waals surface area contributed by atoms with Crippen LogP contribution in [0.3, 0.4) is 0 Å². The van der Waals surface area contributed by atoms with Gasteiger partial charge in [-0.15, -0.1) is 0 Å². The van der Waals surface area contributed by atoms with E-state index in [1.807, 2.05) is 0 Å². The van der Waals surface area contributed by atoms with Crippen LogP contribution in [0.25, 0.3) is 0 Å². The third kappa shape index (κ3) is 7.78. The molecule has 3 heteroatoms. The Hall–Kier alpha value is -0.120. The van der Waals surface area contributed by atoms with Crippen LogP contribution < -0.4 is 5.32 Å². The number of aliphatic hydroxyl groups excluding tert-OH is 2. The quantitative estimate of drug-likeness (QED) is 0.513. The highest BCUT2D eigenvalue weighted by atomic mass is 16.3. The van der Waals surface area contributed by atoms with E-state index in [-0.39, 0.29) is 12.7 Å². The van der Waals surface area contributed by atoms with Gasteiger partial charge in [-0.2, -0.15) is 0 Å². The molecule has 0 spiro atoms. The van der Waals surface area contributed by atoms with Crippen molar-refractivity contribution >= 4 is 0 Å². The number of hydrogen-bond acceptors (Lipinski definition) is 3. The van der Waals surface area contributed by atoms with Crippen molar-refractivity contribution in [3.63, 3.8) is 0 Å². The molecular formula is C8H19NO2. The van der Waals surface area contributed by atoms with Crippen LogP contribution in [0.15, 0.2) is 0 Å². The third-order valence-corrected chi connectivity index (χ3v) is 1.55. The summed E-state index contributed by atoms with van der Waals surface area (Å²) in [5.41, 5.74) is 0. The van der Waals surface area contributed by atoms with Crippen molar-refractivity contribution in [2.75, 3.05) is 19.7 Å². The highest BCUT2D eigenvalue weighted by molar-refractivity contribution is 4.58. The summed E-state index contributed by atoms with van der Waals surface area (Å²) in [7, 11) is 0. The van der Waals surface area contributed by atoms with Crippen LogP contribution in [0.5, 0.6) is 0 Å². The fourth-order valence-electron chi connectivity index (χ4n) is 0.861. The molecule has 2 atom stereocenters. The Kier molecular flexibility index (Phi) is 6.51. The molecule has 0 aliphatic carbocycles. The highest BCUT2D eigenvalue weighted by Gasteiger charge is 2.00. The predicted octanol–water partition coefficient (Wildman–Crippen LogP) is -0.0247. The molecular weight excluding hydrogens is 142 g/mol. The Morgan fingerprint density at radius 1 is 1.27 bits per heavy atom. The van der Waals surface area contributed by atoms with Gasteiger partial charge in [-0.1, -0.05) is 6.92 Å². The number of nitrogens with one attached hydrogen (secondary N) is 1. The summed E-state index contributed by atoms with van der Waals surface area (Å²) in [4.78, 5) is 0. The van der Waals surface area contributed by atoms with Crippen LogP contribution in [-0.4, -0.2) is 36.0 Å². The maximum absolute atomic E-state index is 8.88. The molecule has 0 saturated heterocycles. The Labute approximate surface area is 68.4 Å². The van der Waals surface area contributed by atoms with E-state index in [2.05, 4.69) is 12.2 Å². The van der Waals surface area contributed by atoms with Crippen LogP contribution in [0.2, 0.25) is 0 Å². The van der Waals surface area contributed by atoms with Gasteiger partial charge in [0.15, 0.2) is 0 Å². The second-order valence-corrected chi connectivity index (χ2v) is 3.12. The van der Waals surface area contributed by atoms with Crippen LogP contribution in [0, 0.1) is 5.92 Å². The molecule has 0 aromatic rings. The van der Waals surface area contributed by atoms with Crippen LogP contribution >= 0.6 is 0 Å². The van der Waals surface area contributed by atoms with Crippen LogP contribution in [0.4, 0.5) is 0 Å². The van der Waals surface area contributed by atoms with Crippen LogP contribution in [0.1, 0.15) is 20.3 Å². The summed E-state index contributed by atoms with van der Waals surface area (Å²) in [6, 6.07) is 0. The first kappa shape index (κ1) is 10.9. The van der Waals surface area contributed by atoms with E-state index in [9.17, 15) is 0 Å². The van der Waals surface area contributed by atoms with E-state index in [1.54, 1.807) is 6.92 Å². The van der Waals surface area contributed by atoms with E-state index in [0.717, 1.165) is 13.0 Å². The maximum atomic E-state index is 8.88. The van der Waals surface area contributed by atoms with Gasteiger partial charge in [-0.3, -0.25) is 0 Å². The Balaban J connectivity index is 3.10. The summed E-state index contributed by atoms with van der Waals surface area (Å²) in [6.45, 7) is 5.58. The zero-order valence-electron chi connectivity index (χ0n) is 7.38. The lowest BCUT2D eigenvalue weighted by Gasteiger charge is -2.11. The van der Waals surface area contributed by atoms with Gasteiger partial charge >= 0.3 is 0 Å². The van der Waals surface area contributed by atoms with E-state index in [1.165, 1.54) is 0 Å². The average molecular weight is 161 g/mol. The molecule has 0 aromatic carbocycles. The fourth-order valence-corrected chi connectivity index (χ4v) is 0.861. The topological polar surface area (TPSA) is 52.5 Å². The van der Waals surface area contributed by atoms with E-state index < -0.39 is 0 Å². The lowest BCUT2D eigenvalue weighted by Crippen LogP contribution is -2.28. The molecule has 0 aliphatic heterocycles. The van der Waals surface area contributed by atoms with Gasteiger partial charge in [-0.05, 0) is 25.8 Å². The summed E-state index contributed by atoms with van der Waals surface area (Å²) in [5.74, 6) is 0.485. The van der Waals surface area contributed by atoms with E-state index in [4.69, 9.17) is 10.2 Å². The molecule has 0 heterocycles. The Morgan fingerprint density at radius 3 is 2.36 bits per heavy atom. The monoisotopic (exact) mass is 161 g/mol. The highest BCUT2D eigenvalue weighted by Crippen LogP contribution is 1.97. The summed E-state index contributed by atoms with van der Waals surface area (Å²) >= 11 is 0. The van der Waals surface area contributed by atoms with Crippen molar-refractivity contribution < 1.29 is 10.2 Å². The normalized spacial score (nSPS) is 16.4. The van der Waals surface area contributed by atoms with Crippen molar-refractivity contribution in [1.29, 1.82) is 0 Å². The average Bonchev–Trinajstić information content (AvgIpc) is 1.87. The molecule has 3 N–H and O–H groups in total. The molecule has 0 radical (unpaired) electrons. The van der Waals surface area contributed by atoms with Gasteiger partial charge < -0.3 is 15.5 Å². The van der Waals surface area contributed by atoms with Gasteiger partial charge in [-0.25, -0.2) is 0 Å². The molecule has 11 heavy (non-hydrogen) atoms. The van der Waals surface area contributed by atoms with Crippen molar-refractivity contribution in [3.05, 3.63) is 0 Å². The van der Waals surface area contributed by atoms with Crippen molar-refractivity contribution in [2.24, 2.45) is 5.92 Å². The molecule has 0 aromatic heterocycles. The van der Waals surface area contributed by atoms with Crippen molar-refractivity contribution in [1.82, 2.24) is 5.32 Å². The Morgan fingerprint density at radius 2 is 1.91 bits per heavy atom. The van der Waals surface area contributed by atoms with Gasteiger partial charge in [0.25, 0.3) is 0 Å². The number of hydrogen-bond donors (Lipinski definition) is 3. The smallest absolute Gasteiger partial charge is 0.0636 e. The fraction of sp³-hybridized carbons (Fsp3) is 1.00. The summed E-state index contributed by atoms with van der Waals surface area (Å²) in [6.07, 6.45) is 0.545. The van der Waals surface area contributed by atoms with E-state index in [0.29, 0.717) is 12.5 Å². The van der Waals surface area contributed by atoms with Crippen molar-refractivity contribution in [3.8, 4) is 0 Å². The molecule has 0 saturated carbocycles. The second kappa shape index (κ2) is 6.58. The third-order valence-electron chi connectivity index (χ3n) is 1.55. The van der Waals surface area contributed by atoms with Crippen molar-refractivity contribution in [2.45, 2.75) is 26.4 Å². The molecule has 0 amide bonds. The standard InChI is InChI=1S/C8H19NO2/c1-7(3-4-10)5-9-6-8(2)11/h7-11H,3-6H2,1-2H3/t7?,8-/m0/s1. The summed E-state index contributed by atoms with van der Waals surface area (Å²) in [5, 5.41) is 20.6. The number of rotatable bonds is 6. The SMILES string of the molecule is CC(CCO)CNC[C@H](C)O. The largest absolute Gasteiger partial charge is 0.396 e. The molecule has 3 nitrogen and oxygen atoms in total. The molecule has 0 bridgehead atoms. The second-order valence-electron chi connectivity index (χ2n) is 3.12. The minimum Gasteiger partial charge on any atom is -0.396 e. The first-order valence-corrected chi connectivity index (χ1v) is 4.16. The molecule has 0 rings (SSSR count). The van der Waals surface area contributed by atoms with E-state index >= 15 is 0 Å². The molecule has 0 aliphatic rings. The zero-order chi connectivity index (χ0) is 8.69. The predicted molar refractivity (Wildman–Crippen MR) is 45.4 cm³/mol. The Bertz CT molecular complexity index is 86.2. The minimum atomic E-state index is -0.281. The zero-order valence-corrected chi connectivity index (χ0v) is 7.38. The van der Waals surface area contributed by atoms with Crippen LogP contribution in [-0.2, 0) is 0 Å². The molecule has 68 valence electrons. The number of aliphatic hydroxyl groups is 2. The van der Waals surface area contributed by atoms with Gasteiger partial charge in [0.05, 0.1) is 6.10 Å². The van der Waals surface area contributed by atoms with Gasteiger partial charge in [0.1, 0.15) is 0 Å². The van der Waals surface area contributed by atoms with Gasteiger partial charge in [0, 0.05) is 13.2 Å². The maximum Gasteiger partial charge on any atom is 0.0636 e. The molecule has 0 fully saturated rings. The lowest BCUT2D eigenvalue weighted by atomic mass is 10.1. The summed E-state index contributed by atoms with van der Waals surface area (Å²) < 4.78 is 0. The van der Waals surface area contributed by atoms with Gasteiger partial charge in [0.2, 0.25) is 0 Å².